The van der Waals surface area contributed by atoms with E-state index in [1.54, 1.807) is 0 Å². The lowest BCUT2D eigenvalue weighted by Crippen LogP contribution is -1.92. The van der Waals surface area contributed by atoms with E-state index in [1.165, 1.54) is 12.3 Å². The molecule has 1 rings (SSSR count). The summed E-state index contributed by atoms with van der Waals surface area (Å²) in [6.45, 7) is 0. The van der Waals surface area contributed by atoms with Crippen LogP contribution in [0.2, 0.25) is 0 Å². The summed E-state index contributed by atoms with van der Waals surface area (Å²) in [6, 6.07) is 1.29. The Morgan fingerprint density at radius 2 is 2.33 bits per heavy atom. The van der Waals surface area contributed by atoms with Crippen LogP contribution in [0.1, 0.15) is 10.4 Å². The molecule has 9 heavy (non-hydrogen) atoms. The summed E-state index contributed by atoms with van der Waals surface area (Å²) in [4.78, 5) is 12.4. The number of aromatic nitrogens is 1. The van der Waals surface area contributed by atoms with E-state index in [4.69, 9.17) is 10.2 Å². The molecule has 1 heterocycles. The third-order valence-electron chi connectivity index (χ3n) is 0.956. The zero-order valence-corrected chi connectivity index (χ0v) is 4.46. The van der Waals surface area contributed by atoms with Crippen LogP contribution in [0, 0.1) is 0 Å². The Balaban J connectivity index is 3.08. The molecule has 0 saturated carbocycles. The Morgan fingerprint density at radius 1 is 1.67 bits per heavy atom. The Kier molecular flexibility index (Phi) is 1.14. The summed E-state index contributed by atoms with van der Waals surface area (Å²) in [7, 11) is 0. The lowest BCUT2D eigenvalue weighted by Gasteiger charge is -1.86. The number of hydrogen-bond acceptors (Lipinski definition) is 2. The number of hydrogen-bond donors (Lipinski definition) is 3. The van der Waals surface area contributed by atoms with Crippen molar-refractivity contribution in [2.24, 2.45) is 0 Å². The molecule has 3 N–H and O–H groups in total. The number of aromatic hydroxyl groups is 1. The van der Waals surface area contributed by atoms with E-state index in [9.17, 15) is 4.79 Å². The standard InChI is InChI=1S/C5H5NO3/c7-4-3(5(8)9)1-2-6-4/h1-2,6-7H,(H,8,9). The van der Waals surface area contributed by atoms with Crippen molar-refractivity contribution in [2.45, 2.75) is 0 Å². The van der Waals surface area contributed by atoms with Crippen molar-refractivity contribution >= 4 is 5.97 Å². The van der Waals surface area contributed by atoms with E-state index in [-0.39, 0.29) is 11.4 Å². The molecule has 0 fully saturated rings. The molecule has 4 heteroatoms. The normalized spacial score (nSPS) is 9.33. The molecule has 0 aromatic carbocycles. The van der Waals surface area contributed by atoms with Crippen LogP contribution in [0.3, 0.4) is 0 Å². The Morgan fingerprint density at radius 3 is 2.56 bits per heavy atom. The molecular weight excluding hydrogens is 122 g/mol. The summed E-state index contributed by atoms with van der Waals surface area (Å²) in [5.41, 5.74) is -0.102. The number of nitrogens with one attached hydrogen (secondary N) is 1. The highest BCUT2D eigenvalue weighted by atomic mass is 16.4. The van der Waals surface area contributed by atoms with Gasteiger partial charge in [0.1, 0.15) is 5.56 Å². The van der Waals surface area contributed by atoms with Gasteiger partial charge in [-0.15, -0.1) is 0 Å². The van der Waals surface area contributed by atoms with Crippen molar-refractivity contribution in [3.05, 3.63) is 17.8 Å². The van der Waals surface area contributed by atoms with Crippen LogP contribution in [0.25, 0.3) is 0 Å². The Hall–Kier alpha value is -1.45. The fraction of sp³-hybridized carbons (Fsp3) is 0. The van der Waals surface area contributed by atoms with Crippen molar-refractivity contribution < 1.29 is 15.0 Å². The van der Waals surface area contributed by atoms with Crippen LogP contribution in [-0.2, 0) is 0 Å². The lowest BCUT2D eigenvalue weighted by molar-refractivity contribution is 0.0694. The van der Waals surface area contributed by atoms with Crippen molar-refractivity contribution in [1.82, 2.24) is 4.98 Å². The summed E-state index contributed by atoms with van der Waals surface area (Å²) in [6.07, 6.45) is 1.36. The predicted octanol–water partition coefficient (Wildman–Crippen LogP) is 0.418. The van der Waals surface area contributed by atoms with E-state index < -0.39 is 5.97 Å². The summed E-state index contributed by atoms with van der Waals surface area (Å²) >= 11 is 0. The van der Waals surface area contributed by atoms with Crippen LogP contribution in [0.5, 0.6) is 5.88 Å². The van der Waals surface area contributed by atoms with Gasteiger partial charge in [-0.05, 0) is 6.07 Å². The second kappa shape index (κ2) is 1.81. The van der Waals surface area contributed by atoms with Crippen molar-refractivity contribution in [1.29, 1.82) is 0 Å². The first-order chi connectivity index (χ1) is 4.22. The van der Waals surface area contributed by atoms with E-state index >= 15 is 0 Å². The maximum absolute atomic E-state index is 10.1. The molecule has 1 aromatic heterocycles. The van der Waals surface area contributed by atoms with Gasteiger partial charge in [0.15, 0.2) is 0 Å². The zero-order chi connectivity index (χ0) is 6.85. The number of aromatic carboxylic acids is 1. The lowest BCUT2D eigenvalue weighted by atomic mass is 10.3. The second-order valence-corrected chi connectivity index (χ2v) is 1.55. The third-order valence-corrected chi connectivity index (χ3v) is 0.956. The monoisotopic (exact) mass is 127 g/mol. The summed E-state index contributed by atoms with van der Waals surface area (Å²) in [5, 5.41) is 17.0. The molecule has 0 spiro atoms. The van der Waals surface area contributed by atoms with Gasteiger partial charge >= 0.3 is 5.97 Å². The average Bonchev–Trinajstić information content (AvgIpc) is 2.13. The van der Waals surface area contributed by atoms with E-state index in [0.717, 1.165) is 0 Å². The maximum atomic E-state index is 10.1. The fourth-order valence-electron chi connectivity index (χ4n) is 0.533. The summed E-state index contributed by atoms with van der Waals surface area (Å²) < 4.78 is 0. The van der Waals surface area contributed by atoms with Crippen LogP contribution < -0.4 is 0 Å². The maximum Gasteiger partial charge on any atom is 0.341 e. The van der Waals surface area contributed by atoms with Gasteiger partial charge in [-0.2, -0.15) is 0 Å². The highest BCUT2D eigenvalue weighted by Crippen LogP contribution is 2.11. The topological polar surface area (TPSA) is 73.3 Å². The number of carbonyl (C=O) groups is 1. The van der Waals surface area contributed by atoms with Crippen molar-refractivity contribution in [3.8, 4) is 5.88 Å². The smallest absolute Gasteiger partial charge is 0.341 e. The molecule has 1 aromatic rings. The number of aromatic amines is 1. The molecule has 0 unspecified atom stereocenters. The van der Waals surface area contributed by atoms with Crippen LogP contribution in [-0.4, -0.2) is 21.2 Å². The third kappa shape index (κ3) is 0.861. The molecular formula is C5H5NO3. The fourth-order valence-corrected chi connectivity index (χ4v) is 0.533. The van der Waals surface area contributed by atoms with Gasteiger partial charge in [-0.3, -0.25) is 0 Å². The minimum atomic E-state index is -1.13. The molecule has 0 aliphatic heterocycles. The number of carboxylic acid groups (broad SMARTS) is 1. The van der Waals surface area contributed by atoms with E-state index in [2.05, 4.69) is 4.98 Å². The Labute approximate surface area is 50.8 Å². The van der Waals surface area contributed by atoms with Gasteiger partial charge in [0.05, 0.1) is 0 Å². The molecule has 0 bridgehead atoms. The van der Waals surface area contributed by atoms with Crippen molar-refractivity contribution in [3.63, 3.8) is 0 Å². The molecule has 0 saturated heterocycles. The van der Waals surface area contributed by atoms with Crippen LogP contribution in [0.15, 0.2) is 12.3 Å². The highest BCUT2D eigenvalue weighted by Gasteiger charge is 2.07. The van der Waals surface area contributed by atoms with Crippen molar-refractivity contribution in [2.75, 3.05) is 0 Å². The minimum absolute atomic E-state index is 0.102. The van der Waals surface area contributed by atoms with Gasteiger partial charge in [-0.1, -0.05) is 0 Å². The first-order valence-corrected chi connectivity index (χ1v) is 2.31. The van der Waals surface area contributed by atoms with Gasteiger partial charge in [0.25, 0.3) is 0 Å². The second-order valence-electron chi connectivity index (χ2n) is 1.55. The van der Waals surface area contributed by atoms with Gasteiger partial charge in [0, 0.05) is 6.20 Å². The largest absolute Gasteiger partial charge is 0.494 e. The predicted molar refractivity (Wildman–Crippen MR) is 29.4 cm³/mol. The summed E-state index contributed by atoms with van der Waals surface area (Å²) in [5.74, 6) is -1.43. The molecule has 0 atom stereocenters. The van der Waals surface area contributed by atoms with Crippen LogP contribution >= 0.6 is 0 Å². The van der Waals surface area contributed by atoms with Gasteiger partial charge < -0.3 is 15.2 Å². The molecule has 4 nitrogen and oxygen atoms in total. The minimum Gasteiger partial charge on any atom is -0.494 e. The van der Waals surface area contributed by atoms with Gasteiger partial charge in [-0.25, -0.2) is 4.79 Å². The molecule has 0 amide bonds. The number of carboxylic acids is 1. The van der Waals surface area contributed by atoms with Gasteiger partial charge in [0.2, 0.25) is 5.88 Å². The highest BCUT2D eigenvalue weighted by molar-refractivity contribution is 5.90. The van der Waals surface area contributed by atoms with E-state index in [0.29, 0.717) is 0 Å². The van der Waals surface area contributed by atoms with Crippen LogP contribution in [0.4, 0.5) is 0 Å². The molecule has 0 aliphatic rings. The average molecular weight is 127 g/mol. The van der Waals surface area contributed by atoms with E-state index in [1.807, 2.05) is 0 Å². The zero-order valence-electron chi connectivity index (χ0n) is 4.46. The SMILES string of the molecule is O=C(O)c1cc[nH]c1O. The first-order valence-electron chi connectivity index (χ1n) is 2.31. The number of rotatable bonds is 1. The molecule has 48 valence electrons. The first kappa shape index (κ1) is 5.68. The number of H-pyrrole nitrogens is 1. The molecule has 0 radical (unpaired) electrons. The Bertz CT molecular complexity index is 228. The molecule has 0 aliphatic carbocycles. The quantitative estimate of drug-likeness (QED) is 0.511.